The molecule has 1 aromatic carbocycles. The number of halogens is 3. The third-order valence-electron chi connectivity index (χ3n) is 6.66. The Morgan fingerprint density at radius 2 is 1.80 bits per heavy atom. The first-order valence-corrected chi connectivity index (χ1v) is 11.8. The van der Waals surface area contributed by atoms with E-state index in [0.29, 0.717) is 37.1 Å². The largest absolute Gasteiger partial charge is 0.435 e. The second-order valence-corrected chi connectivity index (χ2v) is 9.12. The van der Waals surface area contributed by atoms with Gasteiger partial charge in [-0.25, -0.2) is 0 Å². The summed E-state index contributed by atoms with van der Waals surface area (Å²) in [4.78, 5) is 28.1. The summed E-state index contributed by atoms with van der Waals surface area (Å²) < 4.78 is 43.7. The molecule has 0 radical (unpaired) electrons. The van der Waals surface area contributed by atoms with Gasteiger partial charge < -0.3 is 9.47 Å². The zero-order chi connectivity index (χ0) is 25.2. The lowest BCUT2D eigenvalue weighted by Gasteiger charge is -2.24. The van der Waals surface area contributed by atoms with Gasteiger partial charge >= 0.3 is 6.18 Å². The number of ketones is 1. The predicted molar refractivity (Wildman–Crippen MR) is 126 cm³/mol. The predicted octanol–water partition coefficient (Wildman–Crippen LogP) is 4.60. The SMILES string of the molecule is CN(C(=O)[C@@H](CC(=O)Cn1nc(C(F)(F)F)c2c1CCCC2)Cc1cccn1C)c1ccccc1. The van der Waals surface area contributed by atoms with Crippen LogP contribution in [0, 0.1) is 5.92 Å². The summed E-state index contributed by atoms with van der Waals surface area (Å²) in [5, 5.41) is 3.80. The van der Waals surface area contributed by atoms with Crippen molar-refractivity contribution in [3.05, 3.63) is 71.3 Å². The molecule has 6 nitrogen and oxygen atoms in total. The van der Waals surface area contributed by atoms with Crippen molar-refractivity contribution in [1.82, 2.24) is 14.3 Å². The number of alkyl halides is 3. The van der Waals surface area contributed by atoms with Crippen LogP contribution in [0.2, 0.25) is 0 Å². The molecular formula is C26H29F3N4O2. The van der Waals surface area contributed by atoms with Gasteiger partial charge in [-0.3, -0.25) is 14.3 Å². The van der Waals surface area contributed by atoms with E-state index in [0.717, 1.165) is 12.1 Å². The molecule has 35 heavy (non-hydrogen) atoms. The number of fused-ring (bicyclic) bond motifs is 1. The van der Waals surface area contributed by atoms with E-state index in [1.54, 1.807) is 7.05 Å². The highest BCUT2D eigenvalue weighted by Crippen LogP contribution is 2.36. The lowest BCUT2D eigenvalue weighted by atomic mass is 9.94. The van der Waals surface area contributed by atoms with E-state index in [-0.39, 0.29) is 30.2 Å². The number of nitrogens with zero attached hydrogens (tertiary/aromatic N) is 4. The second-order valence-electron chi connectivity index (χ2n) is 9.12. The third-order valence-corrected chi connectivity index (χ3v) is 6.66. The Labute approximate surface area is 202 Å². The number of anilines is 1. The maximum atomic E-state index is 13.5. The van der Waals surface area contributed by atoms with E-state index in [1.807, 2.05) is 60.3 Å². The molecule has 0 saturated carbocycles. The zero-order valence-corrected chi connectivity index (χ0v) is 19.9. The Hall–Kier alpha value is -3.36. The number of rotatable bonds is 8. The summed E-state index contributed by atoms with van der Waals surface area (Å²) in [6.07, 6.45) is -0.209. The van der Waals surface area contributed by atoms with Crippen molar-refractivity contribution in [2.24, 2.45) is 13.0 Å². The average molecular weight is 487 g/mol. The highest BCUT2D eigenvalue weighted by atomic mass is 19.4. The molecule has 0 saturated heterocycles. The smallest absolute Gasteiger partial charge is 0.354 e. The minimum absolute atomic E-state index is 0.0861. The number of benzene rings is 1. The van der Waals surface area contributed by atoms with Crippen LogP contribution in [0.3, 0.4) is 0 Å². The maximum Gasteiger partial charge on any atom is 0.435 e. The molecule has 0 spiro atoms. The molecule has 4 rings (SSSR count). The number of carbonyl (C=O) groups excluding carboxylic acids is 2. The molecule has 0 bridgehead atoms. The van der Waals surface area contributed by atoms with Gasteiger partial charge in [0.25, 0.3) is 0 Å². The van der Waals surface area contributed by atoms with E-state index in [9.17, 15) is 22.8 Å². The molecule has 2 aromatic heterocycles. The summed E-state index contributed by atoms with van der Waals surface area (Å²) in [5.41, 5.74) is 1.41. The van der Waals surface area contributed by atoms with Crippen LogP contribution in [0.4, 0.5) is 18.9 Å². The number of carbonyl (C=O) groups is 2. The number of amides is 1. The van der Waals surface area contributed by atoms with Gasteiger partial charge in [-0.15, -0.1) is 0 Å². The van der Waals surface area contributed by atoms with E-state index in [4.69, 9.17) is 0 Å². The molecule has 1 amide bonds. The Balaban J connectivity index is 1.56. The summed E-state index contributed by atoms with van der Waals surface area (Å²) in [5.74, 6) is -1.19. The molecule has 0 N–H and O–H groups in total. The van der Waals surface area contributed by atoms with Crippen LogP contribution < -0.4 is 4.90 Å². The van der Waals surface area contributed by atoms with Crippen molar-refractivity contribution in [2.45, 2.75) is 51.2 Å². The molecule has 3 aromatic rings. The van der Waals surface area contributed by atoms with Gasteiger partial charge in [0, 0.05) is 49.4 Å². The van der Waals surface area contributed by atoms with Gasteiger partial charge in [0.15, 0.2) is 11.5 Å². The van der Waals surface area contributed by atoms with Crippen LogP contribution >= 0.6 is 0 Å². The van der Waals surface area contributed by atoms with Crippen molar-refractivity contribution >= 4 is 17.4 Å². The summed E-state index contributed by atoms with van der Waals surface area (Å²) in [7, 11) is 3.54. The van der Waals surface area contributed by atoms with Crippen LogP contribution in [0.1, 0.15) is 41.9 Å². The standard InChI is InChI=1S/C26H29F3N4O2/c1-31-14-8-11-20(31)15-18(25(35)32(2)19-9-4-3-5-10-19)16-21(34)17-33-23-13-7-6-12-22(23)24(30-33)26(27,28)29/h3-5,8-11,14,18H,6-7,12-13,15-17H2,1-2H3/t18-/m1/s1. The van der Waals surface area contributed by atoms with Crippen molar-refractivity contribution < 1.29 is 22.8 Å². The lowest BCUT2D eigenvalue weighted by Crippen LogP contribution is -2.36. The highest BCUT2D eigenvalue weighted by molar-refractivity contribution is 5.97. The minimum Gasteiger partial charge on any atom is -0.354 e. The fourth-order valence-electron chi connectivity index (χ4n) is 4.80. The van der Waals surface area contributed by atoms with Gasteiger partial charge in [-0.2, -0.15) is 18.3 Å². The van der Waals surface area contributed by atoms with Gasteiger partial charge in [-0.05, 0) is 56.4 Å². The normalized spacial score (nSPS) is 14.4. The minimum atomic E-state index is -4.56. The first kappa shape index (κ1) is 24.8. The van der Waals surface area contributed by atoms with Gasteiger partial charge in [0.05, 0.1) is 12.5 Å². The summed E-state index contributed by atoms with van der Waals surface area (Å²) >= 11 is 0. The molecule has 9 heteroatoms. The first-order chi connectivity index (χ1) is 16.6. The van der Waals surface area contributed by atoms with Crippen molar-refractivity contribution in [3.63, 3.8) is 0 Å². The quantitative estimate of drug-likeness (QED) is 0.468. The van der Waals surface area contributed by atoms with Gasteiger partial charge in [0.1, 0.15) is 0 Å². The number of hydrogen-bond acceptors (Lipinski definition) is 3. The van der Waals surface area contributed by atoms with E-state index in [1.165, 1.54) is 9.58 Å². The lowest BCUT2D eigenvalue weighted by molar-refractivity contribution is -0.142. The number of para-hydroxylation sites is 1. The Bertz CT molecular complexity index is 1200. The maximum absolute atomic E-state index is 13.5. The van der Waals surface area contributed by atoms with Gasteiger partial charge in [-0.1, -0.05) is 18.2 Å². The van der Waals surface area contributed by atoms with Crippen LogP contribution in [-0.4, -0.2) is 33.1 Å². The van der Waals surface area contributed by atoms with Crippen LogP contribution in [0.5, 0.6) is 0 Å². The Morgan fingerprint density at radius 1 is 1.09 bits per heavy atom. The second kappa shape index (κ2) is 10.1. The van der Waals surface area contributed by atoms with Crippen LogP contribution in [0.15, 0.2) is 48.7 Å². The van der Waals surface area contributed by atoms with E-state index >= 15 is 0 Å². The molecule has 0 fully saturated rings. The molecule has 1 aliphatic rings. The van der Waals surface area contributed by atoms with Crippen LogP contribution in [0.25, 0.3) is 0 Å². The topological polar surface area (TPSA) is 60.1 Å². The first-order valence-electron chi connectivity index (χ1n) is 11.8. The molecule has 186 valence electrons. The fourth-order valence-corrected chi connectivity index (χ4v) is 4.80. The Morgan fingerprint density at radius 3 is 2.46 bits per heavy atom. The summed E-state index contributed by atoms with van der Waals surface area (Å²) in [6.45, 7) is -0.273. The average Bonchev–Trinajstić information content (AvgIpc) is 3.41. The monoisotopic (exact) mass is 486 g/mol. The van der Waals surface area contributed by atoms with Gasteiger partial charge in [0.2, 0.25) is 5.91 Å². The summed E-state index contributed by atoms with van der Waals surface area (Å²) in [6, 6.07) is 12.9. The van der Waals surface area contributed by atoms with E-state index < -0.39 is 17.8 Å². The molecule has 0 unspecified atom stereocenters. The third kappa shape index (κ3) is 5.49. The molecule has 2 heterocycles. The van der Waals surface area contributed by atoms with Crippen LogP contribution in [-0.2, 0) is 48.6 Å². The number of aromatic nitrogens is 3. The molecule has 0 aliphatic heterocycles. The fraction of sp³-hybridized carbons (Fsp3) is 0.423. The molecule has 1 atom stereocenters. The number of aryl methyl sites for hydroxylation is 1. The number of Topliss-reactive ketones (excluding diaryl/α,β-unsaturated/α-hetero) is 1. The van der Waals surface area contributed by atoms with Crippen molar-refractivity contribution in [1.29, 1.82) is 0 Å². The van der Waals surface area contributed by atoms with Crippen molar-refractivity contribution in [3.8, 4) is 0 Å². The molecule has 1 aliphatic carbocycles. The highest BCUT2D eigenvalue weighted by Gasteiger charge is 2.39. The van der Waals surface area contributed by atoms with E-state index in [2.05, 4.69) is 5.10 Å². The molecular weight excluding hydrogens is 457 g/mol. The van der Waals surface area contributed by atoms with Crippen molar-refractivity contribution in [2.75, 3.05) is 11.9 Å². The zero-order valence-electron chi connectivity index (χ0n) is 19.9. The Kier molecular flexibility index (Phi) is 7.14. The number of hydrogen-bond donors (Lipinski definition) is 0.